The highest BCUT2D eigenvalue weighted by Gasteiger charge is 2.13. The van der Waals surface area contributed by atoms with Gasteiger partial charge in [-0.15, -0.1) is 10.2 Å². The molecule has 0 bridgehead atoms. The van der Waals surface area contributed by atoms with Gasteiger partial charge in [0.05, 0.1) is 0 Å². The molecule has 0 aliphatic heterocycles. The Bertz CT molecular complexity index is 410. The highest BCUT2D eigenvalue weighted by atomic mass is 35.5. The van der Waals surface area contributed by atoms with E-state index in [1.54, 1.807) is 0 Å². The third-order valence-corrected chi connectivity index (χ3v) is 3.81. The molecule has 0 saturated carbocycles. The van der Waals surface area contributed by atoms with Crippen LogP contribution in [0, 0.1) is 13.8 Å². The highest BCUT2D eigenvalue weighted by Crippen LogP contribution is 2.20. The van der Waals surface area contributed by atoms with Crippen molar-refractivity contribution in [2.24, 2.45) is 0 Å². The fourth-order valence-electron chi connectivity index (χ4n) is 2.16. The van der Waals surface area contributed by atoms with Crippen LogP contribution in [0.25, 0.3) is 0 Å². The molecule has 0 aromatic carbocycles. The summed E-state index contributed by atoms with van der Waals surface area (Å²) in [4.78, 5) is 2.44. The number of hydrogen-bond acceptors (Lipinski definition) is 4. The van der Waals surface area contributed by atoms with Gasteiger partial charge in [0.25, 0.3) is 0 Å². The first kappa shape index (κ1) is 16.2. The summed E-state index contributed by atoms with van der Waals surface area (Å²) in [6.45, 7) is 14.7. The topological polar surface area (TPSA) is 41.1 Å². The average molecular weight is 285 g/mol. The van der Waals surface area contributed by atoms with E-state index in [4.69, 9.17) is 11.6 Å². The van der Waals surface area contributed by atoms with E-state index in [-0.39, 0.29) is 0 Å². The van der Waals surface area contributed by atoms with Crippen molar-refractivity contribution in [2.75, 3.05) is 18.4 Å². The van der Waals surface area contributed by atoms with Crippen LogP contribution in [-0.2, 0) is 0 Å². The van der Waals surface area contributed by atoms with Gasteiger partial charge in [-0.3, -0.25) is 4.90 Å². The quantitative estimate of drug-likeness (QED) is 0.870. The molecule has 108 valence electrons. The van der Waals surface area contributed by atoms with Gasteiger partial charge >= 0.3 is 0 Å². The van der Waals surface area contributed by atoms with Crippen molar-refractivity contribution in [3.05, 3.63) is 16.3 Å². The molecule has 1 N–H and O–H groups in total. The lowest BCUT2D eigenvalue weighted by atomic mass is 10.2. The van der Waals surface area contributed by atoms with Gasteiger partial charge in [-0.2, -0.15) is 0 Å². The van der Waals surface area contributed by atoms with Crippen molar-refractivity contribution in [3.63, 3.8) is 0 Å². The Hall–Kier alpha value is -0.870. The molecule has 0 aliphatic rings. The van der Waals surface area contributed by atoms with Crippen LogP contribution >= 0.6 is 11.6 Å². The Balaban J connectivity index is 2.60. The first-order valence-electron chi connectivity index (χ1n) is 6.83. The lowest BCUT2D eigenvalue weighted by Gasteiger charge is -2.30. The summed E-state index contributed by atoms with van der Waals surface area (Å²) < 4.78 is 0. The van der Waals surface area contributed by atoms with Gasteiger partial charge in [-0.25, -0.2) is 0 Å². The molecule has 4 nitrogen and oxygen atoms in total. The predicted octanol–water partition coefficient (Wildman–Crippen LogP) is 3.28. The second-order valence-electron chi connectivity index (χ2n) is 5.44. The maximum atomic E-state index is 5.94. The number of anilines is 1. The minimum absolute atomic E-state index is 0.481. The molecular weight excluding hydrogens is 260 g/mol. The molecule has 1 rings (SSSR count). The van der Waals surface area contributed by atoms with E-state index in [0.717, 1.165) is 30.0 Å². The van der Waals surface area contributed by atoms with E-state index >= 15 is 0 Å². The standard InChI is InChI=1S/C14H25ClN4/c1-9(2)19(10(3)4)8-7-16-14-12(6)11(5)13(15)17-18-14/h9-10H,7-8H2,1-6H3,(H,16,18). The van der Waals surface area contributed by atoms with Crippen molar-refractivity contribution < 1.29 is 0 Å². The molecule has 0 aliphatic carbocycles. The van der Waals surface area contributed by atoms with Crippen LogP contribution < -0.4 is 5.32 Å². The summed E-state index contributed by atoms with van der Waals surface area (Å²) >= 11 is 5.94. The van der Waals surface area contributed by atoms with Crippen molar-refractivity contribution in [2.45, 2.75) is 53.6 Å². The number of nitrogens with zero attached hydrogens (tertiary/aromatic N) is 3. The molecule has 0 saturated heterocycles. The molecule has 19 heavy (non-hydrogen) atoms. The van der Waals surface area contributed by atoms with E-state index in [1.165, 1.54) is 0 Å². The molecule has 0 unspecified atom stereocenters. The molecular formula is C14H25ClN4. The largest absolute Gasteiger partial charge is 0.367 e. The van der Waals surface area contributed by atoms with E-state index < -0.39 is 0 Å². The minimum atomic E-state index is 0.481. The van der Waals surface area contributed by atoms with E-state index in [1.807, 2.05) is 13.8 Å². The Labute approximate surface area is 121 Å². The second kappa shape index (κ2) is 7.06. The second-order valence-corrected chi connectivity index (χ2v) is 5.80. The molecule has 0 radical (unpaired) electrons. The zero-order valence-corrected chi connectivity index (χ0v) is 13.5. The lowest BCUT2D eigenvalue weighted by molar-refractivity contribution is 0.182. The summed E-state index contributed by atoms with van der Waals surface area (Å²) in [5.74, 6) is 0.828. The molecule has 1 aromatic heterocycles. The highest BCUT2D eigenvalue weighted by molar-refractivity contribution is 6.30. The van der Waals surface area contributed by atoms with Crippen LogP contribution in [0.2, 0.25) is 5.15 Å². The Kier molecular flexibility index (Phi) is 6.01. The van der Waals surface area contributed by atoms with Crippen molar-refractivity contribution in [1.82, 2.24) is 15.1 Å². The zero-order chi connectivity index (χ0) is 14.6. The van der Waals surface area contributed by atoms with Crippen molar-refractivity contribution in [3.8, 4) is 0 Å². The monoisotopic (exact) mass is 284 g/mol. The van der Waals surface area contributed by atoms with E-state index in [9.17, 15) is 0 Å². The SMILES string of the molecule is Cc1c(Cl)nnc(NCCN(C(C)C)C(C)C)c1C. The third-order valence-electron chi connectivity index (χ3n) is 3.45. The lowest BCUT2D eigenvalue weighted by Crippen LogP contribution is -2.40. The number of hydrogen-bond donors (Lipinski definition) is 1. The van der Waals surface area contributed by atoms with Gasteiger partial charge in [0, 0.05) is 25.2 Å². The van der Waals surface area contributed by atoms with Crippen LogP contribution in [0.5, 0.6) is 0 Å². The van der Waals surface area contributed by atoms with Crippen molar-refractivity contribution in [1.29, 1.82) is 0 Å². The Morgan fingerprint density at radius 3 is 2.16 bits per heavy atom. The summed E-state index contributed by atoms with van der Waals surface area (Å²) in [5.41, 5.74) is 2.06. The van der Waals surface area contributed by atoms with Gasteiger partial charge < -0.3 is 5.32 Å². The number of aromatic nitrogens is 2. The van der Waals surface area contributed by atoms with Crippen LogP contribution in [0.15, 0.2) is 0 Å². The van der Waals surface area contributed by atoms with Gasteiger partial charge in [-0.1, -0.05) is 11.6 Å². The van der Waals surface area contributed by atoms with E-state index in [2.05, 4.69) is 48.1 Å². The summed E-state index contributed by atoms with van der Waals surface area (Å²) in [6.07, 6.45) is 0. The summed E-state index contributed by atoms with van der Waals surface area (Å²) in [5, 5.41) is 11.9. The Morgan fingerprint density at radius 1 is 1.05 bits per heavy atom. The number of halogens is 1. The molecule has 1 heterocycles. The fraction of sp³-hybridized carbons (Fsp3) is 0.714. The van der Waals surface area contributed by atoms with Crippen LogP contribution in [0.1, 0.15) is 38.8 Å². The van der Waals surface area contributed by atoms with Gasteiger partial charge in [0.1, 0.15) is 0 Å². The Morgan fingerprint density at radius 2 is 1.63 bits per heavy atom. The van der Waals surface area contributed by atoms with E-state index in [0.29, 0.717) is 17.2 Å². The minimum Gasteiger partial charge on any atom is -0.367 e. The number of rotatable bonds is 6. The zero-order valence-electron chi connectivity index (χ0n) is 12.8. The van der Waals surface area contributed by atoms with Crippen LogP contribution in [-0.4, -0.2) is 40.3 Å². The molecule has 1 aromatic rings. The van der Waals surface area contributed by atoms with Crippen molar-refractivity contribution >= 4 is 17.4 Å². The average Bonchev–Trinajstić information content (AvgIpc) is 2.33. The first-order valence-corrected chi connectivity index (χ1v) is 7.21. The van der Waals surface area contributed by atoms with Gasteiger partial charge in [-0.05, 0) is 52.7 Å². The van der Waals surface area contributed by atoms with Gasteiger partial charge in [0.15, 0.2) is 11.0 Å². The first-order chi connectivity index (χ1) is 8.84. The van der Waals surface area contributed by atoms with Crippen LogP contribution in [0.4, 0.5) is 5.82 Å². The molecule has 0 spiro atoms. The van der Waals surface area contributed by atoms with Gasteiger partial charge in [0.2, 0.25) is 0 Å². The maximum absolute atomic E-state index is 5.94. The smallest absolute Gasteiger partial charge is 0.155 e. The fourth-order valence-corrected chi connectivity index (χ4v) is 2.34. The molecule has 0 amide bonds. The summed E-state index contributed by atoms with van der Waals surface area (Å²) in [7, 11) is 0. The molecule has 0 atom stereocenters. The normalized spacial score (nSPS) is 11.7. The number of nitrogens with one attached hydrogen (secondary N) is 1. The predicted molar refractivity (Wildman–Crippen MR) is 82.0 cm³/mol. The summed E-state index contributed by atoms with van der Waals surface area (Å²) in [6, 6.07) is 1.09. The molecule has 0 fully saturated rings. The third kappa shape index (κ3) is 4.32. The van der Waals surface area contributed by atoms with Crippen LogP contribution in [0.3, 0.4) is 0 Å². The maximum Gasteiger partial charge on any atom is 0.155 e. The molecule has 5 heteroatoms.